The molecule has 0 radical (unpaired) electrons. The average molecular weight is 347 g/mol. The van der Waals surface area contributed by atoms with Gasteiger partial charge in [-0.2, -0.15) is 13.2 Å². The molecule has 0 bridgehead atoms. The van der Waals surface area contributed by atoms with Crippen LogP contribution in [0.4, 0.5) is 13.2 Å². The Balaban J connectivity index is 1.76. The van der Waals surface area contributed by atoms with E-state index in [1.54, 1.807) is 0 Å². The first-order chi connectivity index (χ1) is 10.7. The zero-order chi connectivity index (χ0) is 17.1. The van der Waals surface area contributed by atoms with Crippen molar-refractivity contribution in [3.63, 3.8) is 0 Å². The van der Waals surface area contributed by atoms with Crippen LogP contribution in [0, 0.1) is 6.92 Å². The number of hydrogen-bond donors (Lipinski definition) is 1. The van der Waals surface area contributed by atoms with Crippen LogP contribution in [0.5, 0.6) is 0 Å². The second-order valence-electron chi connectivity index (χ2n) is 5.89. The lowest BCUT2D eigenvalue weighted by Crippen LogP contribution is -2.54. The summed E-state index contributed by atoms with van der Waals surface area (Å²) < 4.78 is 38.1. The largest absolute Gasteiger partial charge is 0.417 e. The van der Waals surface area contributed by atoms with E-state index in [0.29, 0.717) is 5.75 Å². The van der Waals surface area contributed by atoms with Gasteiger partial charge in [0.2, 0.25) is 5.91 Å². The number of thioether (sulfide) groups is 1. The number of halogens is 3. The summed E-state index contributed by atoms with van der Waals surface area (Å²) in [5, 5.41) is 9.59. The summed E-state index contributed by atoms with van der Waals surface area (Å²) in [4.78, 5) is 13.5. The fraction of sp³-hybridized carbons (Fsp3) is 0.562. The Morgan fingerprint density at radius 1 is 1.26 bits per heavy atom. The molecule has 1 aromatic rings. The van der Waals surface area contributed by atoms with Crippen molar-refractivity contribution in [3.8, 4) is 0 Å². The summed E-state index contributed by atoms with van der Waals surface area (Å²) in [5.41, 5.74) is -0.377. The minimum atomic E-state index is -4.64. The van der Waals surface area contributed by atoms with Gasteiger partial charge in [0.1, 0.15) is 0 Å². The van der Waals surface area contributed by atoms with Crippen molar-refractivity contribution in [3.05, 3.63) is 35.4 Å². The number of carbonyl (C=O) groups is 1. The van der Waals surface area contributed by atoms with Crippen LogP contribution in [-0.4, -0.2) is 46.5 Å². The quantitative estimate of drug-likeness (QED) is 0.910. The summed E-state index contributed by atoms with van der Waals surface area (Å²) in [7, 11) is 0. The number of carbonyl (C=O) groups excluding carboxylic acids is 1. The van der Waals surface area contributed by atoms with Gasteiger partial charge in [-0.15, -0.1) is 11.8 Å². The van der Waals surface area contributed by atoms with E-state index in [-0.39, 0.29) is 24.7 Å². The molecule has 1 aromatic carbocycles. The van der Waals surface area contributed by atoms with Gasteiger partial charge in [0.25, 0.3) is 0 Å². The topological polar surface area (TPSA) is 40.5 Å². The van der Waals surface area contributed by atoms with Crippen molar-refractivity contribution in [1.29, 1.82) is 0 Å². The highest BCUT2D eigenvalue weighted by atomic mass is 32.2. The molecule has 0 saturated carbocycles. The molecule has 1 aliphatic rings. The van der Waals surface area contributed by atoms with Crippen molar-refractivity contribution in [1.82, 2.24) is 4.90 Å². The van der Waals surface area contributed by atoms with Crippen molar-refractivity contribution in [2.75, 3.05) is 18.8 Å². The minimum absolute atomic E-state index is 0.0556. The third-order valence-corrected chi connectivity index (χ3v) is 5.07. The second kappa shape index (κ2) is 7.13. The Hall–Kier alpha value is -1.21. The van der Waals surface area contributed by atoms with Crippen LogP contribution < -0.4 is 0 Å². The third kappa shape index (κ3) is 4.64. The van der Waals surface area contributed by atoms with Crippen molar-refractivity contribution in [2.24, 2.45) is 0 Å². The van der Waals surface area contributed by atoms with Crippen LogP contribution in [0.1, 0.15) is 24.0 Å². The summed E-state index contributed by atoms with van der Waals surface area (Å²) in [6.45, 7) is 1.89. The molecule has 128 valence electrons. The summed E-state index contributed by atoms with van der Waals surface area (Å²) in [6.07, 6.45) is -5.54. The number of rotatable bonds is 4. The van der Waals surface area contributed by atoms with Gasteiger partial charge in [-0.3, -0.25) is 4.79 Å². The van der Waals surface area contributed by atoms with E-state index < -0.39 is 24.6 Å². The maximum absolute atomic E-state index is 12.7. The summed E-state index contributed by atoms with van der Waals surface area (Å²) >= 11 is 1.44. The molecular weight excluding hydrogens is 327 g/mol. The monoisotopic (exact) mass is 347 g/mol. The predicted molar refractivity (Wildman–Crippen MR) is 84.2 cm³/mol. The fourth-order valence-corrected chi connectivity index (χ4v) is 3.33. The number of nitrogens with zero attached hydrogens (tertiary/aromatic N) is 1. The molecule has 23 heavy (non-hydrogen) atoms. The van der Waals surface area contributed by atoms with E-state index in [9.17, 15) is 23.1 Å². The van der Waals surface area contributed by atoms with Crippen LogP contribution in [0.2, 0.25) is 0 Å². The van der Waals surface area contributed by atoms with Gasteiger partial charge in [-0.05, 0) is 12.5 Å². The van der Waals surface area contributed by atoms with Gasteiger partial charge in [0.15, 0.2) is 5.60 Å². The molecule has 1 fully saturated rings. The molecule has 1 heterocycles. The Bertz CT molecular complexity index is 537. The molecule has 1 amide bonds. The molecule has 0 spiro atoms. The fourth-order valence-electron chi connectivity index (χ4n) is 2.44. The van der Waals surface area contributed by atoms with E-state index in [2.05, 4.69) is 0 Å². The molecule has 3 nitrogen and oxygen atoms in total. The molecule has 1 aliphatic heterocycles. The number of likely N-dealkylation sites (tertiary alicyclic amines) is 1. The average Bonchev–Trinajstić information content (AvgIpc) is 2.49. The van der Waals surface area contributed by atoms with Gasteiger partial charge in [0.05, 0.1) is 5.75 Å². The summed E-state index contributed by atoms with van der Waals surface area (Å²) in [6, 6.07) is 7.99. The molecule has 0 unspecified atom stereocenters. The molecule has 7 heteroatoms. The van der Waals surface area contributed by atoms with Crippen molar-refractivity contribution < 1.29 is 23.1 Å². The van der Waals surface area contributed by atoms with E-state index >= 15 is 0 Å². The lowest BCUT2D eigenvalue weighted by Gasteiger charge is -2.39. The van der Waals surface area contributed by atoms with Crippen LogP contribution in [0.15, 0.2) is 24.3 Å². The standard InChI is InChI=1S/C16H20F3NO2S/c1-12-2-4-13(5-3-12)10-23-11-14(21)20-8-6-15(22,7-9-20)16(17,18)19/h2-5,22H,6-11H2,1H3. The van der Waals surface area contributed by atoms with E-state index in [1.165, 1.54) is 22.2 Å². The Labute approximate surface area is 137 Å². The van der Waals surface area contributed by atoms with Gasteiger partial charge >= 0.3 is 6.18 Å². The first-order valence-corrected chi connectivity index (χ1v) is 8.57. The second-order valence-corrected chi connectivity index (χ2v) is 6.87. The SMILES string of the molecule is Cc1ccc(CSCC(=O)N2CCC(O)(C(F)(F)F)CC2)cc1. The lowest BCUT2D eigenvalue weighted by molar-refractivity contribution is -0.272. The number of aryl methyl sites for hydroxylation is 1. The molecule has 0 aromatic heterocycles. The zero-order valence-electron chi connectivity index (χ0n) is 12.9. The number of benzene rings is 1. The van der Waals surface area contributed by atoms with Crippen LogP contribution in [0.3, 0.4) is 0 Å². The maximum atomic E-state index is 12.7. The van der Waals surface area contributed by atoms with Gasteiger partial charge < -0.3 is 10.0 Å². The zero-order valence-corrected chi connectivity index (χ0v) is 13.7. The molecule has 2 rings (SSSR count). The number of piperidine rings is 1. The van der Waals surface area contributed by atoms with Crippen molar-refractivity contribution in [2.45, 2.75) is 37.3 Å². The Morgan fingerprint density at radius 2 is 1.83 bits per heavy atom. The smallest absolute Gasteiger partial charge is 0.380 e. The van der Waals surface area contributed by atoms with Gasteiger partial charge in [0, 0.05) is 31.7 Å². The third-order valence-electron chi connectivity index (χ3n) is 4.09. The van der Waals surface area contributed by atoms with Gasteiger partial charge in [-0.1, -0.05) is 29.8 Å². The Morgan fingerprint density at radius 3 is 2.35 bits per heavy atom. The minimum Gasteiger partial charge on any atom is -0.380 e. The highest BCUT2D eigenvalue weighted by Crippen LogP contribution is 2.38. The molecule has 0 atom stereocenters. The van der Waals surface area contributed by atoms with Crippen LogP contribution in [0.25, 0.3) is 0 Å². The highest BCUT2D eigenvalue weighted by Gasteiger charge is 2.54. The molecule has 1 saturated heterocycles. The van der Waals surface area contributed by atoms with E-state index in [1.807, 2.05) is 31.2 Å². The number of amides is 1. The maximum Gasteiger partial charge on any atom is 0.417 e. The Kier molecular flexibility index (Phi) is 5.62. The number of alkyl halides is 3. The summed E-state index contributed by atoms with van der Waals surface area (Å²) in [5.74, 6) is 0.747. The number of aliphatic hydroxyl groups is 1. The normalized spacial score (nSPS) is 18.0. The first-order valence-electron chi connectivity index (χ1n) is 7.41. The predicted octanol–water partition coefficient (Wildman–Crippen LogP) is 3.14. The lowest BCUT2D eigenvalue weighted by atomic mass is 9.91. The van der Waals surface area contributed by atoms with E-state index in [4.69, 9.17) is 0 Å². The van der Waals surface area contributed by atoms with Crippen molar-refractivity contribution >= 4 is 17.7 Å². The van der Waals surface area contributed by atoms with Crippen LogP contribution in [-0.2, 0) is 10.5 Å². The van der Waals surface area contributed by atoms with Crippen LogP contribution >= 0.6 is 11.8 Å². The highest BCUT2D eigenvalue weighted by molar-refractivity contribution is 7.99. The number of hydrogen-bond acceptors (Lipinski definition) is 3. The van der Waals surface area contributed by atoms with Gasteiger partial charge in [-0.25, -0.2) is 0 Å². The van der Waals surface area contributed by atoms with E-state index in [0.717, 1.165) is 5.56 Å². The first kappa shape index (κ1) is 18.1. The molecule has 0 aliphatic carbocycles. The molecular formula is C16H20F3NO2S. The molecule has 1 N–H and O–H groups in total.